The van der Waals surface area contributed by atoms with Crippen LogP contribution >= 0.6 is 11.6 Å². The number of hydrogen-bond acceptors (Lipinski definition) is 4. The summed E-state index contributed by atoms with van der Waals surface area (Å²) >= 11 is 5.90. The third kappa shape index (κ3) is 6.79. The Kier molecular flexibility index (Phi) is 8.07. The summed E-state index contributed by atoms with van der Waals surface area (Å²) in [5, 5.41) is 3.61. The average molecular weight is 490 g/mol. The molecule has 2 heterocycles. The van der Waals surface area contributed by atoms with E-state index in [0.29, 0.717) is 36.5 Å². The van der Waals surface area contributed by atoms with Gasteiger partial charge in [0.1, 0.15) is 0 Å². The lowest BCUT2D eigenvalue weighted by Gasteiger charge is -2.31. The van der Waals surface area contributed by atoms with Crippen LogP contribution < -0.4 is 5.32 Å². The Morgan fingerprint density at radius 3 is 2.45 bits per heavy atom. The molecule has 0 unspecified atom stereocenters. The lowest BCUT2D eigenvalue weighted by molar-refractivity contribution is -0.126. The number of amides is 1. The Labute approximate surface area is 202 Å². The molecule has 0 aliphatic carbocycles. The van der Waals surface area contributed by atoms with E-state index in [-0.39, 0.29) is 24.1 Å². The van der Waals surface area contributed by atoms with Gasteiger partial charge in [-0.1, -0.05) is 48.0 Å². The molecule has 33 heavy (non-hydrogen) atoms. The van der Waals surface area contributed by atoms with E-state index in [1.54, 1.807) is 24.3 Å². The van der Waals surface area contributed by atoms with Crippen molar-refractivity contribution in [1.82, 2.24) is 14.5 Å². The summed E-state index contributed by atoms with van der Waals surface area (Å²) in [7, 11) is -3.49. The predicted octanol–water partition coefficient (Wildman–Crippen LogP) is 3.79. The number of benzene rings is 2. The molecule has 1 atom stereocenters. The Morgan fingerprint density at radius 2 is 1.70 bits per heavy atom. The number of nitrogens with one attached hydrogen (secondary N) is 1. The lowest BCUT2D eigenvalue weighted by atomic mass is 9.98. The first-order chi connectivity index (χ1) is 15.9. The molecule has 0 radical (unpaired) electrons. The minimum Gasteiger partial charge on any atom is -0.352 e. The molecule has 1 amide bonds. The van der Waals surface area contributed by atoms with Crippen LogP contribution in [0.4, 0.5) is 0 Å². The van der Waals surface area contributed by atoms with Crippen molar-refractivity contribution in [3.8, 4) is 0 Å². The maximum atomic E-state index is 12.9. The zero-order valence-electron chi connectivity index (χ0n) is 18.9. The first kappa shape index (κ1) is 24.2. The smallest absolute Gasteiger partial charge is 0.224 e. The molecule has 178 valence electrons. The topological polar surface area (TPSA) is 69.7 Å². The van der Waals surface area contributed by atoms with E-state index in [1.807, 2.05) is 12.1 Å². The molecule has 2 aromatic rings. The third-order valence-electron chi connectivity index (χ3n) is 6.47. The first-order valence-corrected chi connectivity index (χ1v) is 13.7. The molecule has 2 fully saturated rings. The fraction of sp³-hybridized carbons (Fsp3) is 0.480. The standard InChI is InChI=1S/C25H32ClN3O3S/c26-24-10-8-20(9-11-24)19-33(31,32)29-14-4-7-23(18-29)25(30)27-16-21-5-3-6-22(15-21)17-28-12-1-2-13-28/h3,5-6,8-11,15,23H,1-2,4,7,12-14,16-19H2,(H,27,30)/t23-/m0/s1. The van der Waals surface area contributed by atoms with Crippen molar-refractivity contribution in [2.45, 2.75) is 44.5 Å². The van der Waals surface area contributed by atoms with Crippen LogP contribution in [0.2, 0.25) is 5.02 Å². The minimum absolute atomic E-state index is 0.0775. The minimum atomic E-state index is -3.49. The van der Waals surface area contributed by atoms with Crippen LogP contribution in [0.3, 0.4) is 0 Å². The number of carbonyl (C=O) groups excluding carboxylic acids is 1. The maximum Gasteiger partial charge on any atom is 0.224 e. The monoisotopic (exact) mass is 489 g/mol. The molecule has 0 spiro atoms. The van der Waals surface area contributed by atoms with Gasteiger partial charge in [-0.15, -0.1) is 0 Å². The summed E-state index contributed by atoms with van der Waals surface area (Å²) < 4.78 is 27.3. The van der Waals surface area contributed by atoms with Crippen molar-refractivity contribution in [3.63, 3.8) is 0 Å². The van der Waals surface area contributed by atoms with Crippen LogP contribution in [-0.2, 0) is 33.7 Å². The first-order valence-electron chi connectivity index (χ1n) is 11.7. The van der Waals surface area contributed by atoms with E-state index in [0.717, 1.165) is 25.2 Å². The van der Waals surface area contributed by atoms with E-state index in [2.05, 4.69) is 22.3 Å². The SMILES string of the molecule is O=C(NCc1cccc(CN2CCCC2)c1)[C@H]1CCCN(S(=O)(=O)Cc2ccc(Cl)cc2)C1. The number of likely N-dealkylation sites (tertiary alicyclic amines) is 1. The number of rotatable bonds is 8. The van der Waals surface area contributed by atoms with Gasteiger partial charge in [0.15, 0.2) is 0 Å². The summed E-state index contributed by atoms with van der Waals surface area (Å²) in [5.41, 5.74) is 3.03. The molecule has 1 N–H and O–H groups in total. The Bertz CT molecular complexity index is 1050. The normalized spacial score (nSPS) is 20.1. The van der Waals surface area contributed by atoms with Gasteiger partial charge in [0.2, 0.25) is 15.9 Å². The van der Waals surface area contributed by atoms with Gasteiger partial charge < -0.3 is 5.32 Å². The molecule has 0 saturated carbocycles. The van der Waals surface area contributed by atoms with Crippen LogP contribution in [0.25, 0.3) is 0 Å². The second kappa shape index (κ2) is 11.0. The van der Waals surface area contributed by atoms with Crippen molar-refractivity contribution in [1.29, 1.82) is 0 Å². The van der Waals surface area contributed by atoms with Gasteiger partial charge in [0.25, 0.3) is 0 Å². The fourth-order valence-corrected chi connectivity index (χ4v) is 6.40. The van der Waals surface area contributed by atoms with Crippen LogP contribution in [0.5, 0.6) is 0 Å². The molecular weight excluding hydrogens is 458 g/mol. The van der Waals surface area contributed by atoms with Gasteiger partial charge in [0.05, 0.1) is 11.7 Å². The zero-order chi connectivity index (χ0) is 23.3. The van der Waals surface area contributed by atoms with Crippen LogP contribution in [-0.4, -0.2) is 49.7 Å². The number of carbonyl (C=O) groups is 1. The predicted molar refractivity (Wildman–Crippen MR) is 131 cm³/mol. The summed E-state index contributed by atoms with van der Waals surface area (Å²) in [5.74, 6) is -0.486. The van der Waals surface area contributed by atoms with E-state index >= 15 is 0 Å². The number of hydrogen-bond donors (Lipinski definition) is 1. The van der Waals surface area contributed by atoms with E-state index in [4.69, 9.17) is 11.6 Å². The van der Waals surface area contributed by atoms with Crippen molar-refractivity contribution in [2.75, 3.05) is 26.2 Å². The number of halogens is 1. The third-order valence-corrected chi connectivity index (χ3v) is 8.54. The summed E-state index contributed by atoms with van der Waals surface area (Å²) in [6, 6.07) is 15.2. The van der Waals surface area contributed by atoms with Crippen molar-refractivity contribution in [2.24, 2.45) is 5.92 Å². The number of piperidine rings is 1. The van der Waals surface area contributed by atoms with E-state index < -0.39 is 10.0 Å². The molecule has 2 aliphatic heterocycles. The highest BCUT2D eigenvalue weighted by atomic mass is 35.5. The van der Waals surface area contributed by atoms with Crippen LogP contribution in [0.15, 0.2) is 48.5 Å². The second-order valence-corrected chi connectivity index (χ2v) is 11.5. The van der Waals surface area contributed by atoms with Crippen molar-refractivity contribution >= 4 is 27.5 Å². The maximum absolute atomic E-state index is 12.9. The average Bonchev–Trinajstić information content (AvgIpc) is 3.32. The van der Waals surface area contributed by atoms with Gasteiger partial charge >= 0.3 is 0 Å². The largest absolute Gasteiger partial charge is 0.352 e. The molecular formula is C25H32ClN3O3S. The van der Waals surface area contributed by atoms with Crippen molar-refractivity contribution in [3.05, 3.63) is 70.2 Å². The summed E-state index contributed by atoms with van der Waals surface area (Å²) in [6.45, 7) is 4.40. The van der Waals surface area contributed by atoms with Crippen LogP contribution in [0, 0.1) is 5.92 Å². The lowest BCUT2D eigenvalue weighted by Crippen LogP contribution is -2.45. The van der Waals surface area contributed by atoms with E-state index in [9.17, 15) is 13.2 Å². The van der Waals surface area contributed by atoms with Gasteiger partial charge in [-0.25, -0.2) is 12.7 Å². The molecule has 4 rings (SSSR count). The highest BCUT2D eigenvalue weighted by Gasteiger charge is 2.32. The molecule has 2 aromatic carbocycles. The fourth-order valence-electron chi connectivity index (χ4n) is 4.66. The second-order valence-electron chi connectivity index (χ2n) is 9.10. The van der Waals surface area contributed by atoms with Crippen molar-refractivity contribution < 1.29 is 13.2 Å². The van der Waals surface area contributed by atoms with E-state index in [1.165, 1.54) is 22.7 Å². The Morgan fingerprint density at radius 1 is 0.970 bits per heavy atom. The number of nitrogens with zero attached hydrogens (tertiary/aromatic N) is 2. The molecule has 2 saturated heterocycles. The molecule has 0 bridgehead atoms. The van der Waals surface area contributed by atoms with Gasteiger partial charge in [-0.2, -0.15) is 0 Å². The molecule has 8 heteroatoms. The summed E-state index contributed by atoms with van der Waals surface area (Å²) in [6.07, 6.45) is 3.92. The number of sulfonamides is 1. The summed E-state index contributed by atoms with van der Waals surface area (Å²) in [4.78, 5) is 15.3. The Hall–Kier alpha value is -1.93. The molecule has 0 aromatic heterocycles. The zero-order valence-corrected chi connectivity index (χ0v) is 20.5. The van der Waals surface area contributed by atoms with Crippen LogP contribution in [0.1, 0.15) is 42.4 Å². The Balaban J connectivity index is 1.31. The highest BCUT2D eigenvalue weighted by Crippen LogP contribution is 2.22. The van der Waals surface area contributed by atoms with Gasteiger partial charge in [-0.05, 0) is 67.6 Å². The van der Waals surface area contributed by atoms with Gasteiger partial charge in [0, 0.05) is 31.2 Å². The highest BCUT2D eigenvalue weighted by molar-refractivity contribution is 7.88. The quantitative estimate of drug-likeness (QED) is 0.612. The molecule has 2 aliphatic rings. The van der Waals surface area contributed by atoms with Gasteiger partial charge in [-0.3, -0.25) is 9.69 Å². The molecule has 6 nitrogen and oxygen atoms in total.